The number of carbonyl (C=O) groups is 1. The molecule has 0 radical (unpaired) electrons. The standard InChI is InChI=1S/C18H17FN2O2S/c1-12-9-15(6-3-13(12)10-20)21-17(22)18(2,23)11-24-16-7-4-14(19)5-8-16/h3-9,23H,11H2,1-2H3,(H,21,22)/t18-/m1/s1. The second kappa shape index (κ2) is 7.47. The second-order valence-corrected chi connectivity index (χ2v) is 6.66. The van der Waals surface area contributed by atoms with Crippen LogP contribution in [-0.4, -0.2) is 22.4 Å². The van der Waals surface area contributed by atoms with Gasteiger partial charge < -0.3 is 10.4 Å². The summed E-state index contributed by atoms with van der Waals surface area (Å²) < 4.78 is 12.9. The number of rotatable bonds is 5. The summed E-state index contributed by atoms with van der Waals surface area (Å²) in [6.45, 7) is 3.20. The Bertz CT molecular complexity index is 783. The van der Waals surface area contributed by atoms with Crippen LogP contribution in [0.4, 0.5) is 10.1 Å². The van der Waals surface area contributed by atoms with Crippen molar-refractivity contribution in [1.29, 1.82) is 5.26 Å². The molecule has 6 heteroatoms. The first-order valence-electron chi connectivity index (χ1n) is 7.25. The summed E-state index contributed by atoms with van der Waals surface area (Å²) in [5.74, 6) is -0.749. The van der Waals surface area contributed by atoms with Crippen LogP contribution in [0.15, 0.2) is 47.4 Å². The molecule has 0 bridgehead atoms. The van der Waals surface area contributed by atoms with Gasteiger partial charge in [-0.1, -0.05) is 0 Å². The number of carbonyl (C=O) groups excluding carboxylic acids is 1. The molecule has 4 nitrogen and oxygen atoms in total. The molecule has 2 N–H and O–H groups in total. The normalized spacial score (nSPS) is 13.0. The zero-order valence-corrected chi connectivity index (χ0v) is 14.2. The zero-order valence-electron chi connectivity index (χ0n) is 13.3. The Morgan fingerprint density at radius 1 is 1.33 bits per heavy atom. The highest BCUT2D eigenvalue weighted by Crippen LogP contribution is 2.24. The molecule has 2 aromatic rings. The van der Waals surface area contributed by atoms with Crippen molar-refractivity contribution in [3.63, 3.8) is 0 Å². The van der Waals surface area contributed by atoms with E-state index in [0.29, 0.717) is 11.3 Å². The number of thioether (sulfide) groups is 1. The minimum atomic E-state index is -1.60. The Morgan fingerprint density at radius 2 is 2.00 bits per heavy atom. The van der Waals surface area contributed by atoms with Gasteiger partial charge in [-0.3, -0.25) is 4.79 Å². The molecule has 24 heavy (non-hydrogen) atoms. The number of nitrogens with one attached hydrogen (secondary N) is 1. The van der Waals surface area contributed by atoms with Gasteiger partial charge in [0.15, 0.2) is 0 Å². The van der Waals surface area contributed by atoms with Gasteiger partial charge in [0.25, 0.3) is 5.91 Å². The lowest BCUT2D eigenvalue weighted by Gasteiger charge is -2.22. The zero-order chi connectivity index (χ0) is 17.7. The monoisotopic (exact) mass is 344 g/mol. The summed E-state index contributed by atoms with van der Waals surface area (Å²) in [6.07, 6.45) is 0. The fraction of sp³-hybridized carbons (Fsp3) is 0.222. The van der Waals surface area contributed by atoms with E-state index in [-0.39, 0.29) is 11.6 Å². The third kappa shape index (κ3) is 4.57. The van der Waals surface area contributed by atoms with E-state index in [2.05, 4.69) is 11.4 Å². The molecule has 124 valence electrons. The number of anilines is 1. The van der Waals surface area contributed by atoms with Gasteiger partial charge in [0.1, 0.15) is 11.4 Å². The van der Waals surface area contributed by atoms with Crippen molar-refractivity contribution in [3.8, 4) is 6.07 Å². The van der Waals surface area contributed by atoms with Crippen molar-refractivity contribution in [2.24, 2.45) is 0 Å². The van der Waals surface area contributed by atoms with Gasteiger partial charge in [0, 0.05) is 16.3 Å². The smallest absolute Gasteiger partial charge is 0.256 e. The van der Waals surface area contributed by atoms with Gasteiger partial charge >= 0.3 is 0 Å². The SMILES string of the molecule is Cc1cc(NC(=O)[C@](C)(O)CSc2ccc(F)cc2)ccc1C#N. The summed E-state index contributed by atoms with van der Waals surface area (Å²) in [5.41, 5.74) is 0.201. The van der Waals surface area contributed by atoms with E-state index in [1.54, 1.807) is 37.3 Å². The average Bonchev–Trinajstić information content (AvgIpc) is 2.54. The van der Waals surface area contributed by atoms with Crippen LogP contribution in [0, 0.1) is 24.1 Å². The maximum Gasteiger partial charge on any atom is 0.256 e. The largest absolute Gasteiger partial charge is 0.379 e. The molecule has 1 atom stereocenters. The summed E-state index contributed by atoms with van der Waals surface area (Å²) in [5, 5.41) is 21.9. The summed E-state index contributed by atoms with van der Waals surface area (Å²) in [6, 6.07) is 12.8. The molecule has 2 aromatic carbocycles. The molecular weight excluding hydrogens is 327 g/mol. The van der Waals surface area contributed by atoms with Crippen LogP contribution in [0.5, 0.6) is 0 Å². The predicted octanol–water partition coefficient (Wildman–Crippen LogP) is 3.49. The quantitative estimate of drug-likeness (QED) is 0.815. The number of nitrogens with zero attached hydrogens (tertiary/aromatic N) is 1. The fourth-order valence-corrected chi connectivity index (χ4v) is 2.86. The molecule has 0 aromatic heterocycles. The van der Waals surface area contributed by atoms with Crippen molar-refractivity contribution in [2.75, 3.05) is 11.1 Å². The first-order valence-corrected chi connectivity index (χ1v) is 8.23. The van der Waals surface area contributed by atoms with Crippen molar-refractivity contribution < 1.29 is 14.3 Å². The van der Waals surface area contributed by atoms with E-state index in [9.17, 15) is 14.3 Å². The molecular formula is C18H17FN2O2S. The van der Waals surface area contributed by atoms with Gasteiger partial charge in [0.2, 0.25) is 0 Å². The molecule has 0 fully saturated rings. The number of hydrogen-bond donors (Lipinski definition) is 2. The molecule has 0 unspecified atom stereocenters. The van der Waals surface area contributed by atoms with E-state index >= 15 is 0 Å². The van der Waals surface area contributed by atoms with Gasteiger partial charge in [-0.2, -0.15) is 5.26 Å². The number of halogens is 1. The third-order valence-corrected chi connectivity index (χ3v) is 4.74. The van der Waals surface area contributed by atoms with Crippen LogP contribution in [0.25, 0.3) is 0 Å². The number of amides is 1. The number of aliphatic hydroxyl groups is 1. The highest BCUT2D eigenvalue weighted by atomic mass is 32.2. The predicted molar refractivity (Wildman–Crippen MR) is 92.3 cm³/mol. The van der Waals surface area contributed by atoms with Gasteiger partial charge in [0.05, 0.1) is 11.6 Å². The maximum atomic E-state index is 12.9. The van der Waals surface area contributed by atoms with E-state index in [1.807, 2.05) is 0 Å². The van der Waals surface area contributed by atoms with E-state index in [0.717, 1.165) is 10.5 Å². The molecule has 0 aliphatic rings. The van der Waals surface area contributed by atoms with Crippen LogP contribution in [0.2, 0.25) is 0 Å². The molecule has 0 heterocycles. The van der Waals surface area contributed by atoms with E-state index in [1.165, 1.54) is 30.8 Å². The topological polar surface area (TPSA) is 73.1 Å². The molecule has 0 saturated carbocycles. The van der Waals surface area contributed by atoms with Gasteiger partial charge in [-0.05, 0) is 61.9 Å². The Balaban J connectivity index is 2.00. The van der Waals surface area contributed by atoms with Crippen LogP contribution in [-0.2, 0) is 4.79 Å². The number of hydrogen-bond acceptors (Lipinski definition) is 4. The molecule has 0 aliphatic heterocycles. The fourth-order valence-electron chi connectivity index (χ4n) is 1.95. The highest BCUT2D eigenvalue weighted by molar-refractivity contribution is 7.99. The Hall–Kier alpha value is -2.36. The molecule has 0 aliphatic carbocycles. The Labute approximate surface area is 144 Å². The van der Waals surface area contributed by atoms with Crippen molar-refractivity contribution in [3.05, 3.63) is 59.4 Å². The summed E-state index contributed by atoms with van der Waals surface area (Å²) >= 11 is 1.26. The average molecular weight is 344 g/mol. The first kappa shape index (κ1) is 18.0. The molecule has 1 amide bonds. The Morgan fingerprint density at radius 3 is 2.58 bits per heavy atom. The Kier molecular flexibility index (Phi) is 5.60. The minimum absolute atomic E-state index is 0.125. The lowest BCUT2D eigenvalue weighted by Crippen LogP contribution is -2.42. The van der Waals surface area contributed by atoms with Crippen LogP contribution >= 0.6 is 11.8 Å². The number of nitriles is 1. The van der Waals surface area contributed by atoms with E-state index in [4.69, 9.17) is 5.26 Å². The third-order valence-electron chi connectivity index (χ3n) is 3.43. The van der Waals surface area contributed by atoms with Crippen LogP contribution in [0.3, 0.4) is 0 Å². The minimum Gasteiger partial charge on any atom is -0.379 e. The van der Waals surface area contributed by atoms with Crippen LogP contribution in [0.1, 0.15) is 18.1 Å². The lowest BCUT2D eigenvalue weighted by molar-refractivity contribution is -0.130. The molecule has 0 saturated heterocycles. The second-order valence-electron chi connectivity index (χ2n) is 5.61. The van der Waals surface area contributed by atoms with Crippen LogP contribution < -0.4 is 5.32 Å². The number of aryl methyl sites for hydroxylation is 1. The summed E-state index contributed by atoms with van der Waals surface area (Å²) in [4.78, 5) is 13.0. The van der Waals surface area contributed by atoms with Gasteiger partial charge in [-0.15, -0.1) is 11.8 Å². The first-order chi connectivity index (χ1) is 11.3. The van der Waals surface area contributed by atoms with Crippen molar-refractivity contribution in [1.82, 2.24) is 0 Å². The van der Waals surface area contributed by atoms with Crippen molar-refractivity contribution in [2.45, 2.75) is 24.3 Å². The lowest BCUT2D eigenvalue weighted by atomic mass is 10.1. The molecule has 2 rings (SSSR count). The maximum absolute atomic E-state index is 12.9. The van der Waals surface area contributed by atoms with Gasteiger partial charge in [-0.25, -0.2) is 4.39 Å². The van der Waals surface area contributed by atoms with Crippen molar-refractivity contribution >= 4 is 23.4 Å². The number of benzene rings is 2. The summed E-state index contributed by atoms with van der Waals surface area (Å²) in [7, 11) is 0. The van der Waals surface area contributed by atoms with E-state index < -0.39 is 11.5 Å². The highest BCUT2D eigenvalue weighted by Gasteiger charge is 2.30. The molecule has 0 spiro atoms.